The van der Waals surface area contributed by atoms with Gasteiger partial charge in [-0.25, -0.2) is 9.59 Å². The number of carbonyl (C=O) groups is 2. The number of hydrogen-bond acceptors (Lipinski definition) is 6. The van der Waals surface area contributed by atoms with Crippen LogP contribution in [-0.2, 0) is 14.3 Å². The molecule has 0 aliphatic heterocycles. The molecule has 0 unspecified atom stereocenters. The first-order valence-electron chi connectivity index (χ1n) is 9.47. The number of nitrogens with zero attached hydrogens (tertiary/aromatic N) is 1. The van der Waals surface area contributed by atoms with Crippen molar-refractivity contribution < 1.29 is 23.8 Å². The number of ether oxygens (including phenoxy) is 3. The molecule has 0 bridgehead atoms. The van der Waals surface area contributed by atoms with E-state index in [2.05, 4.69) is 10.3 Å². The molecule has 0 fully saturated rings. The van der Waals surface area contributed by atoms with Crippen LogP contribution in [0.3, 0.4) is 0 Å². The summed E-state index contributed by atoms with van der Waals surface area (Å²) in [5.41, 5.74) is 0.111. The Balaban J connectivity index is 2.05. The van der Waals surface area contributed by atoms with Gasteiger partial charge in [-0.3, -0.25) is 4.98 Å². The molecule has 2 aromatic rings. The zero-order chi connectivity index (χ0) is 21.4. The van der Waals surface area contributed by atoms with Crippen LogP contribution in [0.1, 0.15) is 46.3 Å². The average molecular weight is 400 g/mol. The Hall–Kier alpha value is -3.09. The molecule has 0 saturated carbocycles. The fourth-order valence-electron chi connectivity index (χ4n) is 2.52. The Labute approximate surface area is 171 Å². The molecular weight excluding hydrogens is 372 g/mol. The van der Waals surface area contributed by atoms with Crippen LogP contribution in [0, 0.1) is 0 Å². The first-order chi connectivity index (χ1) is 13.7. The Kier molecular flexibility index (Phi) is 7.59. The van der Waals surface area contributed by atoms with Gasteiger partial charge in [-0.2, -0.15) is 0 Å². The minimum atomic E-state index is -0.876. The van der Waals surface area contributed by atoms with Gasteiger partial charge in [0.25, 0.3) is 0 Å². The highest BCUT2D eigenvalue weighted by Crippen LogP contribution is 2.26. The summed E-state index contributed by atoms with van der Waals surface area (Å²) in [4.78, 5) is 28.5. The van der Waals surface area contributed by atoms with Gasteiger partial charge in [0.15, 0.2) is 6.10 Å². The summed E-state index contributed by atoms with van der Waals surface area (Å²) in [7, 11) is 0. The molecule has 7 nitrogen and oxygen atoms in total. The third-order valence-electron chi connectivity index (χ3n) is 3.83. The third-order valence-corrected chi connectivity index (χ3v) is 3.83. The Morgan fingerprint density at radius 3 is 2.31 bits per heavy atom. The average Bonchev–Trinajstić information content (AvgIpc) is 2.65. The predicted molar refractivity (Wildman–Crippen MR) is 108 cm³/mol. The van der Waals surface area contributed by atoms with Crippen LogP contribution in [0.15, 0.2) is 54.9 Å². The summed E-state index contributed by atoms with van der Waals surface area (Å²) in [5, 5.41) is 2.48. The molecule has 7 heteroatoms. The van der Waals surface area contributed by atoms with E-state index < -0.39 is 35.9 Å². The molecule has 1 N–H and O–H groups in total. The van der Waals surface area contributed by atoms with Gasteiger partial charge in [0, 0.05) is 18.0 Å². The lowest BCUT2D eigenvalue weighted by Crippen LogP contribution is -2.43. The number of aromatic nitrogens is 1. The molecular formula is C22H28N2O5. The first kappa shape index (κ1) is 22.2. The Morgan fingerprint density at radius 1 is 1.03 bits per heavy atom. The maximum Gasteiger partial charge on any atom is 0.408 e. The largest absolute Gasteiger partial charge is 0.482 e. The van der Waals surface area contributed by atoms with Gasteiger partial charge in [0.05, 0.1) is 0 Å². The second-order valence-corrected chi connectivity index (χ2v) is 7.65. The summed E-state index contributed by atoms with van der Waals surface area (Å²) in [6, 6.07) is 12.0. The highest BCUT2D eigenvalue weighted by Gasteiger charge is 2.28. The van der Waals surface area contributed by atoms with E-state index in [-0.39, 0.29) is 0 Å². The van der Waals surface area contributed by atoms with Gasteiger partial charge in [0.2, 0.25) is 0 Å². The van der Waals surface area contributed by atoms with Crippen LogP contribution in [0.25, 0.3) is 0 Å². The maximum atomic E-state index is 12.5. The molecule has 1 aromatic carbocycles. The van der Waals surface area contributed by atoms with Crippen LogP contribution < -0.4 is 10.1 Å². The van der Waals surface area contributed by atoms with Gasteiger partial charge in [0.1, 0.15) is 23.5 Å². The van der Waals surface area contributed by atoms with Crippen molar-refractivity contribution >= 4 is 12.1 Å². The number of benzene rings is 1. The van der Waals surface area contributed by atoms with Crippen molar-refractivity contribution in [1.29, 1.82) is 0 Å². The number of alkyl carbamates (subject to hydrolysis) is 1. The highest BCUT2D eigenvalue weighted by molar-refractivity contribution is 5.81. The fourth-order valence-corrected chi connectivity index (χ4v) is 2.52. The molecule has 1 aromatic heterocycles. The van der Waals surface area contributed by atoms with Crippen molar-refractivity contribution in [2.45, 2.75) is 58.5 Å². The van der Waals surface area contributed by atoms with Crippen molar-refractivity contribution in [1.82, 2.24) is 10.3 Å². The minimum absolute atomic E-state index is 0.566. The van der Waals surface area contributed by atoms with Gasteiger partial charge < -0.3 is 19.5 Å². The zero-order valence-corrected chi connectivity index (χ0v) is 17.4. The van der Waals surface area contributed by atoms with Crippen LogP contribution >= 0.6 is 0 Å². The number of hydrogen-bond donors (Lipinski definition) is 1. The molecule has 0 aliphatic rings. The van der Waals surface area contributed by atoms with Gasteiger partial charge >= 0.3 is 12.1 Å². The Morgan fingerprint density at radius 2 is 1.72 bits per heavy atom. The van der Waals surface area contributed by atoms with E-state index in [1.807, 2.05) is 36.4 Å². The third kappa shape index (κ3) is 7.44. The molecule has 2 rings (SSSR count). The summed E-state index contributed by atoms with van der Waals surface area (Å²) < 4.78 is 16.8. The van der Waals surface area contributed by atoms with Crippen molar-refractivity contribution in [2.75, 3.05) is 0 Å². The van der Waals surface area contributed by atoms with Crippen LogP contribution in [0.4, 0.5) is 4.79 Å². The van der Waals surface area contributed by atoms with Crippen molar-refractivity contribution in [2.24, 2.45) is 0 Å². The van der Waals surface area contributed by atoms with E-state index in [9.17, 15) is 9.59 Å². The second-order valence-electron chi connectivity index (χ2n) is 7.65. The standard InChI is InChI=1S/C22H28N2O5/c1-15(24-21(26)29-22(3,4)5)20(25)27-16(2)19(17-10-9-13-23-14-17)28-18-11-7-6-8-12-18/h6-16,19H,1-5H3,(H,24,26)/t15-,16-,19+/m0/s1. The molecule has 0 saturated heterocycles. The topological polar surface area (TPSA) is 86.8 Å². The fraction of sp³-hybridized carbons (Fsp3) is 0.409. The molecule has 29 heavy (non-hydrogen) atoms. The predicted octanol–water partition coefficient (Wildman–Crippen LogP) is 4.05. The lowest BCUT2D eigenvalue weighted by atomic mass is 10.1. The number of carbonyl (C=O) groups excluding carboxylic acids is 2. The van der Waals surface area contributed by atoms with Gasteiger partial charge in [-0.05, 0) is 52.8 Å². The molecule has 1 amide bonds. The van der Waals surface area contributed by atoms with E-state index in [4.69, 9.17) is 14.2 Å². The summed E-state index contributed by atoms with van der Waals surface area (Å²) in [6.07, 6.45) is 1.45. The van der Waals surface area contributed by atoms with Crippen LogP contribution in [0.2, 0.25) is 0 Å². The van der Waals surface area contributed by atoms with Crippen molar-refractivity contribution in [3.8, 4) is 5.75 Å². The molecule has 1 heterocycles. The number of amides is 1. The second kappa shape index (κ2) is 9.91. The van der Waals surface area contributed by atoms with Crippen LogP contribution in [0.5, 0.6) is 5.75 Å². The molecule has 0 spiro atoms. The van der Waals surface area contributed by atoms with Crippen molar-refractivity contribution in [3.63, 3.8) is 0 Å². The molecule has 156 valence electrons. The molecule has 3 atom stereocenters. The van der Waals surface area contributed by atoms with Gasteiger partial charge in [-0.15, -0.1) is 0 Å². The number of para-hydroxylation sites is 1. The lowest BCUT2D eigenvalue weighted by Gasteiger charge is -2.27. The Bertz CT molecular complexity index is 790. The van der Waals surface area contributed by atoms with Crippen LogP contribution in [-0.4, -0.2) is 34.8 Å². The lowest BCUT2D eigenvalue weighted by molar-refractivity contribution is -0.155. The smallest absolute Gasteiger partial charge is 0.408 e. The van der Waals surface area contributed by atoms with E-state index in [0.717, 1.165) is 5.56 Å². The molecule has 0 aliphatic carbocycles. The maximum absolute atomic E-state index is 12.5. The quantitative estimate of drug-likeness (QED) is 0.706. The summed E-state index contributed by atoms with van der Waals surface area (Å²) >= 11 is 0. The number of pyridine rings is 1. The monoisotopic (exact) mass is 400 g/mol. The van der Waals surface area contributed by atoms with E-state index in [0.29, 0.717) is 5.75 Å². The van der Waals surface area contributed by atoms with Crippen molar-refractivity contribution in [3.05, 3.63) is 60.4 Å². The molecule has 0 radical (unpaired) electrons. The van der Waals surface area contributed by atoms with Gasteiger partial charge in [-0.1, -0.05) is 24.3 Å². The summed E-state index contributed by atoms with van der Waals surface area (Å²) in [6.45, 7) is 8.51. The normalized spacial score (nSPS) is 14.2. The highest BCUT2D eigenvalue weighted by atomic mass is 16.6. The van der Waals surface area contributed by atoms with E-state index in [1.165, 1.54) is 6.92 Å². The SMILES string of the molecule is C[C@H](NC(=O)OC(C)(C)C)C(=O)O[C@@H](C)[C@@H](Oc1ccccc1)c1cccnc1. The van der Waals surface area contributed by atoms with E-state index >= 15 is 0 Å². The number of esters is 1. The first-order valence-corrected chi connectivity index (χ1v) is 9.47. The number of nitrogens with one attached hydrogen (secondary N) is 1. The summed E-state index contributed by atoms with van der Waals surface area (Å²) in [5.74, 6) is 0.0538. The number of rotatable bonds is 7. The minimum Gasteiger partial charge on any atom is -0.482 e. The van der Waals surface area contributed by atoms with E-state index in [1.54, 1.807) is 46.2 Å². The zero-order valence-electron chi connectivity index (χ0n) is 17.4.